The van der Waals surface area contributed by atoms with Gasteiger partial charge in [-0.1, -0.05) is 13.8 Å². The summed E-state index contributed by atoms with van der Waals surface area (Å²) < 4.78 is 0. The van der Waals surface area contributed by atoms with Gasteiger partial charge in [-0.2, -0.15) is 0 Å². The molecule has 5 nitrogen and oxygen atoms in total. The molecule has 2 N–H and O–H groups in total. The van der Waals surface area contributed by atoms with Crippen LogP contribution in [0.4, 0.5) is 5.82 Å². The van der Waals surface area contributed by atoms with E-state index >= 15 is 0 Å². The molecule has 0 saturated carbocycles. The van der Waals surface area contributed by atoms with Gasteiger partial charge in [0.15, 0.2) is 0 Å². The summed E-state index contributed by atoms with van der Waals surface area (Å²) in [6.45, 7) is 12.2. The molecule has 1 fully saturated rings. The predicted molar refractivity (Wildman–Crippen MR) is 78.6 cm³/mol. The van der Waals surface area contributed by atoms with Crippen molar-refractivity contribution in [3.63, 3.8) is 0 Å². The summed E-state index contributed by atoms with van der Waals surface area (Å²) in [4.78, 5) is 14.0. The molecular weight excluding hydrogens is 238 g/mol. The average Bonchev–Trinajstić information content (AvgIpc) is 2.39. The van der Waals surface area contributed by atoms with Crippen LogP contribution in [-0.2, 0) is 0 Å². The highest BCUT2D eigenvalue weighted by molar-refractivity contribution is 5.40. The zero-order chi connectivity index (χ0) is 13.8. The summed E-state index contributed by atoms with van der Waals surface area (Å²) in [6.07, 6.45) is 0. The third kappa shape index (κ3) is 3.64. The minimum absolute atomic E-state index is 0.372. The standard InChI is InChI=1S/C14H25N5/c1-11(2)14-16-12(3)10-13(17-14)19-8-6-18(5-4-15)7-9-19/h10-11H,4-9,15H2,1-3H3. The van der Waals surface area contributed by atoms with E-state index in [-0.39, 0.29) is 0 Å². The molecular formula is C14H25N5. The summed E-state index contributed by atoms with van der Waals surface area (Å²) in [7, 11) is 0. The SMILES string of the molecule is Cc1cc(N2CCN(CCN)CC2)nc(C(C)C)n1. The zero-order valence-electron chi connectivity index (χ0n) is 12.3. The molecule has 0 aliphatic carbocycles. The first-order valence-corrected chi connectivity index (χ1v) is 7.13. The zero-order valence-corrected chi connectivity index (χ0v) is 12.3. The van der Waals surface area contributed by atoms with Gasteiger partial charge in [-0.3, -0.25) is 4.90 Å². The van der Waals surface area contributed by atoms with Crippen molar-refractivity contribution < 1.29 is 0 Å². The molecule has 106 valence electrons. The average molecular weight is 263 g/mol. The molecule has 2 rings (SSSR count). The lowest BCUT2D eigenvalue weighted by molar-refractivity contribution is 0.264. The summed E-state index contributed by atoms with van der Waals surface area (Å²) in [5, 5.41) is 0. The number of nitrogens with zero attached hydrogens (tertiary/aromatic N) is 4. The number of aromatic nitrogens is 2. The lowest BCUT2D eigenvalue weighted by Crippen LogP contribution is -2.48. The lowest BCUT2D eigenvalue weighted by atomic mass is 10.2. The van der Waals surface area contributed by atoms with Crippen LogP contribution in [0.3, 0.4) is 0 Å². The Labute approximate surface area is 115 Å². The van der Waals surface area contributed by atoms with Crippen molar-refractivity contribution in [3.05, 3.63) is 17.6 Å². The summed E-state index contributed by atoms with van der Waals surface area (Å²) in [5.41, 5.74) is 6.66. The molecule has 0 spiro atoms. The van der Waals surface area contributed by atoms with Crippen LogP contribution in [0, 0.1) is 6.92 Å². The largest absolute Gasteiger partial charge is 0.354 e. The molecule has 0 amide bonds. The topological polar surface area (TPSA) is 58.3 Å². The van der Waals surface area contributed by atoms with Crippen LogP contribution in [0.25, 0.3) is 0 Å². The van der Waals surface area contributed by atoms with E-state index in [0.29, 0.717) is 5.92 Å². The predicted octanol–water partition coefficient (Wildman–Crippen LogP) is 0.989. The van der Waals surface area contributed by atoms with Crippen LogP contribution in [0.2, 0.25) is 0 Å². The van der Waals surface area contributed by atoms with Crippen molar-refractivity contribution in [2.24, 2.45) is 5.73 Å². The summed E-state index contributed by atoms with van der Waals surface area (Å²) >= 11 is 0. The van der Waals surface area contributed by atoms with Gasteiger partial charge in [0, 0.05) is 56.9 Å². The van der Waals surface area contributed by atoms with Gasteiger partial charge in [0.2, 0.25) is 0 Å². The Bertz CT molecular complexity index is 410. The first-order valence-electron chi connectivity index (χ1n) is 7.13. The van der Waals surface area contributed by atoms with Crippen LogP contribution in [0.15, 0.2) is 6.07 Å². The first-order chi connectivity index (χ1) is 9.10. The quantitative estimate of drug-likeness (QED) is 0.878. The fraction of sp³-hybridized carbons (Fsp3) is 0.714. The molecule has 1 aliphatic rings. The molecule has 2 heterocycles. The molecule has 1 aromatic rings. The van der Waals surface area contributed by atoms with Gasteiger partial charge in [0.1, 0.15) is 11.6 Å². The minimum atomic E-state index is 0.372. The van der Waals surface area contributed by atoms with Gasteiger partial charge < -0.3 is 10.6 Å². The van der Waals surface area contributed by atoms with Crippen LogP contribution >= 0.6 is 0 Å². The molecule has 0 radical (unpaired) electrons. The normalized spacial score (nSPS) is 17.2. The molecule has 5 heteroatoms. The van der Waals surface area contributed by atoms with Gasteiger partial charge in [0.25, 0.3) is 0 Å². The Morgan fingerprint density at radius 2 is 1.89 bits per heavy atom. The lowest BCUT2D eigenvalue weighted by Gasteiger charge is -2.35. The molecule has 1 aliphatic heterocycles. The number of anilines is 1. The highest BCUT2D eigenvalue weighted by atomic mass is 15.3. The van der Waals surface area contributed by atoms with Crippen molar-refractivity contribution >= 4 is 5.82 Å². The maximum absolute atomic E-state index is 5.60. The third-order valence-electron chi connectivity index (χ3n) is 3.52. The fourth-order valence-electron chi connectivity index (χ4n) is 2.38. The van der Waals surface area contributed by atoms with Gasteiger partial charge in [-0.25, -0.2) is 9.97 Å². The highest BCUT2D eigenvalue weighted by Gasteiger charge is 2.18. The Morgan fingerprint density at radius 1 is 1.21 bits per heavy atom. The Balaban J connectivity index is 2.06. The van der Waals surface area contributed by atoms with Crippen LogP contribution < -0.4 is 10.6 Å². The second kappa shape index (κ2) is 6.30. The highest BCUT2D eigenvalue weighted by Crippen LogP contribution is 2.18. The monoisotopic (exact) mass is 263 g/mol. The van der Waals surface area contributed by atoms with E-state index in [9.17, 15) is 0 Å². The Morgan fingerprint density at radius 3 is 2.47 bits per heavy atom. The van der Waals surface area contributed by atoms with E-state index in [0.717, 1.165) is 56.6 Å². The summed E-state index contributed by atoms with van der Waals surface area (Å²) in [5.74, 6) is 2.39. The molecule has 0 aromatic carbocycles. The van der Waals surface area contributed by atoms with E-state index in [1.54, 1.807) is 0 Å². The molecule has 1 saturated heterocycles. The Hall–Kier alpha value is -1.20. The maximum Gasteiger partial charge on any atom is 0.133 e. The van der Waals surface area contributed by atoms with Gasteiger partial charge >= 0.3 is 0 Å². The van der Waals surface area contributed by atoms with Gasteiger partial charge in [0.05, 0.1) is 0 Å². The molecule has 1 aromatic heterocycles. The van der Waals surface area contributed by atoms with E-state index in [1.165, 1.54) is 0 Å². The summed E-state index contributed by atoms with van der Waals surface area (Å²) in [6, 6.07) is 2.09. The van der Waals surface area contributed by atoms with Crippen LogP contribution in [0.1, 0.15) is 31.3 Å². The minimum Gasteiger partial charge on any atom is -0.354 e. The second-order valence-corrected chi connectivity index (χ2v) is 5.50. The van der Waals surface area contributed by atoms with Crippen molar-refractivity contribution in [2.75, 3.05) is 44.2 Å². The Kier molecular flexibility index (Phi) is 4.71. The van der Waals surface area contributed by atoms with Crippen LogP contribution in [-0.4, -0.2) is 54.1 Å². The van der Waals surface area contributed by atoms with Crippen molar-refractivity contribution in [3.8, 4) is 0 Å². The van der Waals surface area contributed by atoms with E-state index in [2.05, 4.69) is 34.7 Å². The third-order valence-corrected chi connectivity index (χ3v) is 3.52. The fourth-order valence-corrected chi connectivity index (χ4v) is 2.38. The number of rotatable bonds is 4. The molecule has 0 atom stereocenters. The van der Waals surface area contributed by atoms with E-state index in [4.69, 9.17) is 10.7 Å². The number of hydrogen-bond acceptors (Lipinski definition) is 5. The molecule has 19 heavy (non-hydrogen) atoms. The van der Waals surface area contributed by atoms with E-state index in [1.807, 2.05) is 6.92 Å². The van der Waals surface area contributed by atoms with Gasteiger partial charge in [-0.15, -0.1) is 0 Å². The van der Waals surface area contributed by atoms with Crippen molar-refractivity contribution in [1.29, 1.82) is 0 Å². The van der Waals surface area contributed by atoms with Crippen LogP contribution in [0.5, 0.6) is 0 Å². The maximum atomic E-state index is 5.60. The molecule has 0 bridgehead atoms. The second-order valence-electron chi connectivity index (χ2n) is 5.50. The van der Waals surface area contributed by atoms with Crippen molar-refractivity contribution in [1.82, 2.24) is 14.9 Å². The smallest absolute Gasteiger partial charge is 0.133 e. The number of piperazine rings is 1. The van der Waals surface area contributed by atoms with Gasteiger partial charge in [-0.05, 0) is 6.92 Å². The first kappa shape index (κ1) is 14.2. The number of hydrogen-bond donors (Lipinski definition) is 1. The number of nitrogens with two attached hydrogens (primary N) is 1. The van der Waals surface area contributed by atoms with E-state index < -0.39 is 0 Å². The number of aryl methyl sites for hydroxylation is 1. The molecule has 0 unspecified atom stereocenters. The van der Waals surface area contributed by atoms with Crippen molar-refractivity contribution in [2.45, 2.75) is 26.7 Å².